The lowest BCUT2D eigenvalue weighted by Gasteiger charge is -2.10. The number of benzene rings is 2. The molecule has 2 N–H and O–H groups in total. The summed E-state index contributed by atoms with van der Waals surface area (Å²) in [7, 11) is 1.64. The van der Waals surface area contributed by atoms with Gasteiger partial charge in [-0.1, -0.05) is 30.3 Å². The molecule has 0 unspecified atom stereocenters. The van der Waals surface area contributed by atoms with E-state index in [1.165, 1.54) is 0 Å². The second kappa shape index (κ2) is 6.06. The topological polar surface area (TPSA) is 71.5 Å². The van der Waals surface area contributed by atoms with E-state index in [2.05, 4.69) is 4.98 Å². The largest absolute Gasteiger partial charge is 0.496 e. The van der Waals surface area contributed by atoms with Crippen LogP contribution in [0.1, 0.15) is 16.1 Å². The fraction of sp³-hybridized carbons (Fsp3) is 0.111. The number of carbonyl (C=O) groups is 1. The highest BCUT2D eigenvalue weighted by atomic mass is 16.5. The summed E-state index contributed by atoms with van der Waals surface area (Å²) in [5.41, 5.74) is 5.30. The Morgan fingerprint density at radius 1 is 1.17 bits per heavy atom. The number of rotatable bonds is 3. The molecule has 0 aliphatic carbocycles. The van der Waals surface area contributed by atoms with Gasteiger partial charge >= 0.3 is 0 Å². The Morgan fingerprint density at radius 3 is 2.70 bits per heavy atom. The molecule has 0 fully saturated rings. The van der Waals surface area contributed by atoms with E-state index in [-0.39, 0.29) is 0 Å². The van der Waals surface area contributed by atoms with Gasteiger partial charge in [0.05, 0.1) is 23.9 Å². The lowest BCUT2D eigenvalue weighted by Crippen LogP contribution is -2.20. The van der Waals surface area contributed by atoms with Gasteiger partial charge in [0, 0.05) is 10.9 Å². The molecular weight excluding hydrogens is 292 g/mol. The van der Waals surface area contributed by atoms with Crippen LogP contribution in [0.15, 0.2) is 48.5 Å². The predicted molar refractivity (Wildman–Crippen MR) is 87.7 cm³/mol. The molecule has 1 heterocycles. The van der Waals surface area contributed by atoms with E-state index in [1.807, 2.05) is 42.5 Å². The molecule has 3 rings (SSSR count). The molecule has 5 nitrogen and oxygen atoms in total. The molecule has 2 aromatic carbocycles. The van der Waals surface area contributed by atoms with Crippen LogP contribution in [0, 0.1) is 6.92 Å². The average Bonchev–Trinajstić information content (AvgIpc) is 2.59. The monoisotopic (exact) mass is 308 g/mol. The number of amides is 1. The highest BCUT2D eigenvalue weighted by Crippen LogP contribution is 2.31. The van der Waals surface area contributed by atoms with Crippen LogP contribution in [-0.4, -0.2) is 23.2 Å². The second-order valence-electron chi connectivity index (χ2n) is 5.17. The zero-order valence-corrected chi connectivity index (χ0v) is 12.8. The van der Waals surface area contributed by atoms with Gasteiger partial charge in [-0.25, -0.2) is 5.48 Å². The highest BCUT2D eigenvalue weighted by Gasteiger charge is 2.12. The summed E-state index contributed by atoms with van der Waals surface area (Å²) in [4.78, 5) is 16.1. The first kappa shape index (κ1) is 15.0. The van der Waals surface area contributed by atoms with Crippen molar-refractivity contribution in [2.45, 2.75) is 6.92 Å². The van der Waals surface area contributed by atoms with Gasteiger partial charge < -0.3 is 4.74 Å². The number of nitrogens with zero attached hydrogens (tertiary/aromatic N) is 1. The summed E-state index contributed by atoms with van der Waals surface area (Å²) < 4.78 is 5.40. The van der Waals surface area contributed by atoms with Gasteiger partial charge in [-0.15, -0.1) is 0 Å². The summed E-state index contributed by atoms with van der Waals surface area (Å²) in [6.45, 7) is 1.74. The van der Waals surface area contributed by atoms with Crippen molar-refractivity contribution in [3.05, 3.63) is 59.8 Å². The Labute approximate surface area is 133 Å². The third kappa shape index (κ3) is 2.74. The van der Waals surface area contributed by atoms with Crippen LogP contribution >= 0.6 is 0 Å². The molecule has 1 aromatic heterocycles. The number of aryl methyl sites for hydroxylation is 1. The van der Waals surface area contributed by atoms with E-state index in [0.717, 1.165) is 27.8 Å². The standard InChI is InChI=1S/C18H16N2O3/c1-11-15(18(21)20-22)9-13-8-7-12(10-16(13)19-11)14-5-3-4-6-17(14)23-2/h3-10,22H,1-2H3,(H,20,21). The minimum atomic E-state index is -0.564. The number of hydroxylamine groups is 1. The van der Waals surface area contributed by atoms with Gasteiger partial charge in [0.2, 0.25) is 0 Å². The number of hydrogen-bond donors (Lipinski definition) is 2. The molecule has 0 bridgehead atoms. The number of nitrogens with one attached hydrogen (secondary N) is 1. The van der Waals surface area contributed by atoms with Crippen LogP contribution in [0.25, 0.3) is 22.0 Å². The first-order valence-electron chi connectivity index (χ1n) is 7.13. The maximum absolute atomic E-state index is 11.6. The molecule has 116 valence electrons. The van der Waals surface area contributed by atoms with Gasteiger partial charge in [0.25, 0.3) is 5.91 Å². The summed E-state index contributed by atoms with van der Waals surface area (Å²) in [5.74, 6) is 0.227. The number of ether oxygens (including phenoxy) is 1. The number of fused-ring (bicyclic) bond motifs is 1. The van der Waals surface area contributed by atoms with Crippen molar-refractivity contribution in [3.8, 4) is 16.9 Å². The fourth-order valence-corrected chi connectivity index (χ4v) is 2.60. The molecule has 1 amide bonds. The van der Waals surface area contributed by atoms with E-state index >= 15 is 0 Å². The number of methoxy groups -OCH3 is 1. The molecule has 0 aliphatic heterocycles. The normalized spacial score (nSPS) is 10.6. The number of hydrogen-bond acceptors (Lipinski definition) is 4. The zero-order valence-electron chi connectivity index (χ0n) is 12.8. The molecule has 0 saturated heterocycles. The summed E-state index contributed by atoms with van der Waals surface area (Å²) in [5, 5.41) is 9.62. The van der Waals surface area contributed by atoms with Crippen LogP contribution in [0.3, 0.4) is 0 Å². The van der Waals surface area contributed by atoms with Crippen molar-refractivity contribution in [1.82, 2.24) is 10.5 Å². The minimum absolute atomic E-state index is 0.352. The third-order valence-corrected chi connectivity index (χ3v) is 3.77. The first-order valence-corrected chi connectivity index (χ1v) is 7.13. The highest BCUT2D eigenvalue weighted by molar-refractivity contribution is 5.98. The molecule has 3 aromatic rings. The SMILES string of the molecule is COc1ccccc1-c1ccc2cc(C(=O)NO)c(C)nc2c1. The minimum Gasteiger partial charge on any atom is -0.496 e. The fourth-order valence-electron chi connectivity index (χ4n) is 2.60. The quantitative estimate of drug-likeness (QED) is 0.575. The lowest BCUT2D eigenvalue weighted by molar-refractivity contribution is 0.0705. The molecule has 5 heteroatoms. The van der Waals surface area contributed by atoms with E-state index in [4.69, 9.17) is 9.94 Å². The number of pyridine rings is 1. The van der Waals surface area contributed by atoms with E-state index in [0.29, 0.717) is 11.3 Å². The van der Waals surface area contributed by atoms with Gasteiger partial charge in [0.15, 0.2) is 0 Å². The van der Waals surface area contributed by atoms with Crippen LogP contribution < -0.4 is 10.2 Å². The van der Waals surface area contributed by atoms with Crippen molar-refractivity contribution < 1.29 is 14.7 Å². The van der Waals surface area contributed by atoms with E-state index < -0.39 is 5.91 Å². The van der Waals surface area contributed by atoms with Crippen LogP contribution in [0.4, 0.5) is 0 Å². The molecular formula is C18H16N2O3. The second-order valence-corrected chi connectivity index (χ2v) is 5.17. The predicted octanol–water partition coefficient (Wildman–Crippen LogP) is 3.34. The van der Waals surface area contributed by atoms with Crippen molar-refractivity contribution in [1.29, 1.82) is 0 Å². The van der Waals surface area contributed by atoms with Crippen molar-refractivity contribution in [2.24, 2.45) is 0 Å². The molecule has 23 heavy (non-hydrogen) atoms. The Hall–Kier alpha value is -2.92. The van der Waals surface area contributed by atoms with Crippen molar-refractivity contribution >= 4 is 16.8 Å². The average molecular weight is 308 g/mol. The molecule has 0 spiro atoms. The molecule has 0 saturated carbocycles. The molecule has 0 aliphatic rings. The zero-order chi connectivity index (χ0) is 16.4. The van der Waals surface area contributed by atoms with Crippen molar-refractivity contribution in [2.75, 3.05) is 7.11 Å². The van der Waals surface area contributed by atoms with Gasteiger partial charge in [-0.3, -0.25) is 15.0 Å². The number of carbonyl (C=O) groups excluding carboxylic acids is 1. The Kier molecular flexibility index (Phi) is 3.95. The molecule has 0 radical (unpaired) electrons. The Bertz CT molecular complexity index is 891. The molecule has 0 atom stereocenters. The van der Waals surface area contributed by atoms with Gasteiger partial charge in [-0.2, -0.15) is 0 Å². The smallest absolute Gasteiger partial charge is 0.276 e. The summed E-state index contributed by atoms with van der Waals surface area (Å²) in [6, 6.07) is 15.3. The van der Waals surface area contributed by atoms with Crippen LogP contribution in [0.5, 0.6) is 5.75 Å². The Balaban J connectivity index is 2.15. The third-order valence-electron chi connectivity index (χ3n) is 3.77. The maximum Gasteiger partial charge on any atom is 0.276 e. The summed E-state index contributed by atoms with van der Waals surface area (Å²) >= 11 is 0. The van der Waals surface area contributed by atoms with Gasteiger partial charge in [-0.05, 0) is 30.7 Å². The first-order chi connectivity index (χ1) is 11.1. The Morgan fingerprint density at radius 2 is 1.96 bits per heavy atom. The van der Waals surface area contributed by atoms with E-state index in [1.54, 1.807) is 25.6 Å². The maximum atomic E-state index is 11.6. The number of aromatic nitrogens is 1. The lowest BCUT2D eigenvalue weighted by atomic mass is 10.0. The number of para-hydroxylation sites is 1. The van der Waals surface area contributed by atoms with Gasteiger partial charge in [0.1, 0.15) is 5.75 Å². The summed E-state index contributed by atoms with van der Waals surface area (Å²) in [6.07, 6.45) is 0. The van der Waals surface area contributed by atoms with Crippen molar-refractivity contribution in [3.63, 3.8) is 0 Å². The van der Waals surface area contributed by atoms with Crippen LogP contribution in [0.2, 0.25) is 0 Å². The van der Waals surface area contributed by atoms with Crippen LogP contribution in [-0.2, 0) is 0 Å². The van der Waals surface area contributed by atoms with E-state index in [9.17, 15) is 4.79 Å².